The van der Waals surface area contributed by atoms with E-state index in [1.807, 2.05) is 13.8 Å². The molecule has 0 saturated carbocycles. The van der Waals surface area contributed by atoms with Crippen LogP contribution in [0.25, 0.3) is 0 Å². The molecule has 1 aromatic carbocycles. The first-order valence-corrected chi connectivity index (χ1v) is 7.23. The van der Waals surface area contributed by atoms with E-state index in [0.717, 1.165) is 18.2 Å². The minimum absolute atomic E-state index is 0.0880. The number of carbonyl (C=O) groups excluding carboxylic acids is 2. The molecule has 0 spiro atoms. The molecule has 1 atom stereocenters. The Balaban J connectivity index is 2.57. The Labute approximate surface area is 138 Å². The van der Waals surface area contributed by atoms with Gasteiger partial charge in [0, 0.05) is 0 Å². The molecule has 0 aliphatic heterocycles. The molecule has 0 unspecified atom stereocenters. The molecule has 1 aromatic rings. The summed E-state index contributed by atoms with van der Waals surface area (Å²) in [6, 6.07) is 2.39. The summed E-state index contributed by atoms with van der Waals surface area (Å²) in [5.41, 5.74) is -0.524. The van der Waals surface area contributed by atoms with Crippen LogP contribution in [0.3, 0.4) is 0 Å². The monoisotopic (exact) mass is 344 g/mol. The lowest BCUT2D eigenvalue weighted by atomic mass is 10.1. The summed E-state index contributed by atoms with van der Waals surface area (Å²) in [5, 5.41) is 22.1. The van der Waals surface area contributed by atoms with Gasteiger partial charge in [-0.1, -0.05) is 13.8 Å². The number of hydrogen-bond acceptors (Lipinski definition) is 5. The van der Waals surface area contributed by atoms with Crippen molar-refractivity contribution in [3.63, 3.8) is 0 Å². The molecule has 132 valence electrons. The minimum atomic E-state index is -2.06. The van der Waals surface area contributed by atoms with Crippen LogP contribution in [0.2, 0.25) is 0 Å². The minimum Gasteiger partial charge on any atom is -0.402 e. The standard InChI is InChI=1S/C14H19BF2N2O5/c1-8(2)5-13(24-15(22)23)19-12(20)7-18-14(21)10-6-9(16)3-4-11(10)17/h3-4,6,8,13,22-23H,5,7H2,1-2H3,(H,18,21)(H,19,20)/t13-/m1/s1. The molecular formula is C14H19BF2N2O5. The van der Waals surface area contributed by atoms with Gasteiger partial charge in [-0.2, -0.15) is 0 Å². The van der Waals surface area contributed by atoms with E-state index in [4.69, 9.17) is 14.7 Å². The average Bonchev–Trinajstić information content (AvgIpc) is 2.45. The fraction of sp³-hybridized carbons (Fsp3) is 0.429. The summed E-state index contributed by atoms with van der Waals surface area (Å²) in [4.78, 5) is 23.5. The number of benzene rings is 1. The van der Waals surface area contributed by atoms with Crippen LogP contribution in [0.15, 0.2) is 18.2 Å². The second kappa shape index (κ2) is 9.31. The number of amides is 2. The third kappa shape index (κ3) is 7.03. The zero-order chi connectivity index (χ0) is 18.3. The maximum absolute atomic E-state index is 13.4. The Kier molecular flexibility index (Phi) is 7.76. The Morgan fingerprint density at radius 1 is 1.29 bits per heavy atom. The van der Waals surface area contributed by atoms with Crippen molar-refractivity contribution in [2.45, 2.75) is 26.5 Å². The zero-order valence-corrected chi connectivity index (χ0v) is 13.3. The van der Waals surface area contributed by atoms with Crippen molar-refractivity contribution in [2.24, 2.45) is 5.92 Å². The van der Waals surface area contributed by atoms with Crippen LogP contribution in [0, 0.1) is 17.6 Å². The van der Waals surface area contributed by atoms with Crippen molar-refractivity contribution < 1.29 is 33.1 Å². The van der Waals surface area contributed by atoms with Gasteiger partial charge < -0.3 is 25.3 Å². The lowest BCUT2D eigenvalue weighted by molar-refractivity contribution is -0.123. The highest BCUT2D eigenvalue weighted by atomic mass is 19.1. The van der Waals surface area contributed by atoms with Crippen LogP contribution in [0.5, 0.6) is 0 Å². The normalized spacial score (nSPS) is 12.0. The van der Waals surface area contributed by atoms with Crippen molar-refractivity contribution in [1.82, 2.24) is 10.6 Å². The van der Waals surface area contributed by atoms with E-state index in [-0.39, 0.29) is 5.92 Å². The molecule has 0 bridgehead atoms. The van der Waals surface area contributed by atoms with Gasteiger partial charge in [0.15, 0.2) is 0 Å². The van der Waals surface area contributed by atoms with E-state index < -0.39 is 49.1 Å². The largest absolute Gasteiger partial charge is 0.635 e. The summed E-state index contributed by atoms with van der Waals surface area (Å²) in [6.07, 6.45) is -0.671. The molecule has 0 saturated heterocycles. The van der Waals surface area contributed by atoms with Crippen LogP contribution in [-0.2, 0) is 9.45 Å². The maximum atomic E-state index is 13.4. The molecule has 10 heteroatoms. The molecule has 4 N–H and O–H groups in total. The van der Waals surface area contributed by atoms with Crippen molar-refractivity contribution >= 4 is 19.1 Å². The average molecular weight is 344 g/mol. The second-order valence-electron chi connectivity index (χ2n) is 5.45. The van der Waals surface area contributed by atoms with Gasteiger partial charge in [-0.05, 0) is 30.5 Å². The van der Waals surface area contributed by atoms with Gasteiger partial charge in [0.05, 0.1) is 12.1 Å². The lowest BCUT2D eigenvalue weighted by Gasteiger charge is -2.21. The second-order valence-corrected chi connectivity index (χ2v) is 5.45. The van der Waals surface area contributed by atoms with Gasteiger partial charge in [0.25, 0.3) is 5.91 Å². The highest BCUT2D eigenvalue weighted by molar-refractivity contribution is 6.32. The molecule has 0 heterocycles. The predicted molar refractivity (Wildman–Crippen MR) is 81.4 cm³/mol. The third-order valence-electron chi connectivity index (χ3n) is 2.88. The first-order chi connectivity index (χ1) is 11.2. The van der Waals surface area contributed by atoms with Crippen LogP contribution >= 0.6 is 0 Å². The van der Waals surface area contributed by atoms with Crippen molar-refractivity contribution in [3.05, 3.63) is 35.4 Å². The van der Waals surface area contributed by atoms with E-state index in [1.165, 1.54) is 0 Å². The van der Waals surface area contributed by atoms with E-state index in [2.05, 4.69) is 10.6 Å². The molecule has 0 aliphatic carbocycles. The van der Waals surface area contributed by atoms with Crippen LogP contribution < -0.4 is 10.6 Å². The summed E-state index contributed by atoms with van der Waals surface area (Å²) < 4.78 is 31.2. The highest BCUT2D eigenvalue weighted by Gasteiger charge is 2.21. The third-order valence-corrected chi connectivity index (χ3v) is 2.88. The van der Waals surface area contributed by atoms with Gasteiger partial charge in [-0.25, -0.2) is 8.78 Å². The topological polar surface area (TPSA) is 108 Å². The van der Waals surface area contributed by atoms with E-state index in [1.54, 1.807) is 0 Å². The molecule has 7 nitrogen and oxygen atoms in total. The zero-order valence-electron chi connectivity index (χ0n) is 13.3. The fourth-order valence-corrected chi connectivity index (χ4v) is 1.88. The molecule has 1 rings (SSSR count). The van der Waals surface area contributed by atoms with E-state index in [9.17, 15) is 18.4 Å². The van der Waals surface area contributed by atoms with Crippen molar-refractivity contribution in [3.8, 4) is 0 Å². The lowest BCUT2D eigenvalue weighted by Crippen LogP contribution is -2.46. The maximum Gasteiger partial charge on any atom is 0.635 e. The Bertz CT molecular complexity index is 576. The quantitative estimate of drug-likeness (QED) is 0.397. The Morgan fingerprint density at radius 2 is 1.96 bits per heavy atom. The summed E-state index contributed by atoms with van der Waals surface area (Å²) in [6.45, 7) is 3.15. The number of hydrogen-bond donors (Lipinski definition) is 4. The van der Waals surface area contributed by atoms with Gasteiger partial charge in [0.1, 0.15) is 17.9 Å². The number of halogens is 2. The fourth-order valence-electron chi connectivity index (χ4n) is 1.88. The SMILES string of the molecule is CC(C)C[C@H](NC(=O)CNC(=O)c1cc(F)ccc1F)OB(O)O. The van der Waals surface area contributed by atoms with Crippen molar-refractivity contribution in [2.75, 3.05) is 6.54 Å². The molecule has 24 heavy (non-hydrogen) atoms. The molecule has 0 aromatic heterocycles. The first-order valence-electron chi connectivity index (χ1n) is 7.23. The van der Waals surface area contributed by atoms with Gasteiger partial charge in [0.2, 0.25) is 5.91 Å². The van der Waals surface area contributed by atoms with E-state index in [0.29, 0.717) is 6.42 Å². The molecule has 0 radical (unpaired) electrons. The molecule has 2 amide bonds. The predicted octanol–water partition coefficient (Wildman–Crippen LogP) is 0.169. The first kappa shape index (κ1) is 20.0. The molecular weight excluding hydrogens is 325 g/mol. The van der Waals surface area contributed by atoms with Crippen molar-refractivity contribution in [1.29, 1.82) is 0 Å². The van der Waals surface area contributed by atoms with Gasteiger partial charge in [-0.15, -0.1) is 0 Å². The smallest absolute Gasteiger partial charge is 0.402 e. The van der Waals surface area contributed by atoms with Crippen LogP contribution in [0.4, 0.5) is 8.78 Å². The van der Waals surface area contributed by atoms with Gasteiger partial charge in [-0.3, -0.25) is 9.59 Å². The Hall–Kier alpha value is -2.04. The van der Waals surface area contributed by atoms with E-state index >= 15 is 0 Å². The van der Waals surface area contributed by atoms with Crippen LogP contribution in [-0.4, -0.2) is 42.0 Å². The molecule has 0 fully saturated rings. The Morgan fingerprint density at radius 3 is 2.54 bits per heavy atom. The van der Waals surface area contributed by atoms with Crippen LogP contribution in [0.1, 0.15) is 30.6 Å². The summed E-state index contributed by atoms with van der Waals surface area (Å²) in [5.74, 6) is -3.26. The summed E-state index contributed by atoms with van der Waals surface area (Å²) >= 11 is 0. The number of carbonyl (C=O) groups is 2. The number of nitrogens with one attached hydrogen (secondary N) is 2. The van der Waals surface area contributed by atoms with Gasteiger partial charge >= 0.3 is 7.32 Å². The molecule has 0 aliphatic rings. The highest BCUT2D eigenvalue weighted by Crippen LogP contribution is 2.09. The number of rotatable bonds is 8. The summed E-state index contributed by atoms with van der Waals surface area (Å²) in [7, 11) is -2.06.